The smallest absolute Gasteiger partial charge is 0.310 e. The Hall–Kier alpha value is -0.780. The summed E-state index contributed by atoms with van der Waals surface area (Å²) in [5.41, 5.74) is 7.25. The first-order chi connectivity index (χ1) is 6.15. The van der Waals surface area contributed by atoms with Gasteiger partial charge in [0.25, 0.3) is 0 Å². The minimum Gasteiger partial charge on any atom is -0.469 e. The number of esters is 1. The van der Waals surface area contributed by atoms with E-state index >= 15 is 0 Å². The van der Waals surface area contributed by atoms with E-state index in [0.29, 0.717) is 5.69 Å². The highest BCUT2D eigenvalue weighted by atomic mass is 127. The lowest BCUT2D eigenvalue weighted by molar-refractivity contribution is -0.139. The summed E-state index contributed by atoms with van der Waals surface area (Å²) in [5, 5.41) is 0. The third kappa shape index (κ3) is 2.58. The predicted octanol–water partition coefficient (Wildman–Crippen LogP) is 1.59. The molecule has 0 saturated heterocycles. The number of hydrogen-bond acceptors (Lipinski definition) is 3. The lowest BCUT2D eigenvalue weighted by atomic mass is 10.1. The molecule has 0 spiro atoms. The zero-order valence-corrected chi connectivity index (χ0v) is 9.37. The number of ether oxygens (including phenoxy) is 1. The SMILES string of the molecule is COC(=O)Cc1cccc(I)c1N. The molecule has 4 heteroatoms. The van der Waals surface area contributed by atoms with Gasteiger partial charge in [-0.15, -0.1) is 0 Å². The molecule has 1 rings (SSSR count). The maximum atomic E-state index is 11.0. The lowest BCUT2D eigenvalue weighted by Crippen LogP contribution is -2.07. The Bertz CT molecular complexity index is 325. The average molecular weight is 291 g/mol. The highest BCUT2D eigenvalue weighted by Crippen LogP contribution is 2.19. The first-order valence-electron chi connectivity index (χ1n) is 3.75. The molecular formula is C9H10INO2. The number of nitrogens with two attached hydrogens (primary N) is 1. The Balaban J connectivity index is 2.89. The molecule has 0 heterocycles. The third-order valence-electron chi connectivity index (χ3n) is 1.71. The second kappa shape index (κ2) is 4.45. The molecular weight excluding hydrogens is 281 g/mol. The van der Waals surface area contributed by atoms with Crippen LogP contribution in [0.2, 0.25) is 0 Å². The van der Waals surface area contributed by atoms with Crippen molar-refractivity contribution in [3.63, 3.8) is 0 Å². The molecule has 0 aliphatic rings. The van der Waals surface area contributed by atoms with E-state index in [1.54, 1.807) is 0 Å². The molecule has 0 atom stereocenters. The number of carbonyl (C=O) groups is 1. The number of para-hydroxylation sites is 1. The van der Waals surface area contributed by atoms with Gasteiger partial charge in [0, 0.05) is 9.26 Å². The van der Waals surface area contributed by atoms with Crippen molar-refractivity contribution >= 4 is 34.2 Å². The van der Waals surface area contributed by atoms with Crippen LogP contribution in [0.1, 0.15) is 5.56 Å². The number of halogens is 1. The van der Waals surface area contributed by atoms with Crippen molar-refractivity contribution in [2.75, 3.05) is 12.8 Å². The number of benzene rings is 1. The minimum atomic E-state index is -0.270. The van der Waals surface area contributed by atoms with Gasteiger partial charge in [0.05, 0.1) is 13.5 Å². The van der Waals surface area contributed by atoms with E-state index in [2.05, 4.69) is 27.3 Å². The fourth-order valence-corrected chi connectivity index (χ4v) is 1.52. The molecule has 0 amide bonds. The van der Waals surface area contributed by atoms with E-state index in [-0.39, 0.29) is 12.4 Å². The van der Waals surface area contributed by atoms with E-state index in [1.165, 1.54) is 7.11 Å². The monoisotopic (exact) mass is 291 g/mol. The van der Waals surface area contributed by atoms with Gasteiger partial charge in [-0.3, -0.25) is 4.79 Å². The van der Waals surface area contributed by atoms with E-state index in [9.17, 15) is 4.79 Å². The van der Waals surface area contributed by atoms with Crippen LogP contribution >= 0.6 is 22.6 Å². The molecule has 0 bridgehead atoms. The molecule has 0 unspecified atom stereocenters. The van der Waals surface area contributed by atoms with E-state index in [0.717, 1.165) is 9.13 Å². The Morgan fingerprint density at radius 1 is 1.62 bits per heavy atom. The summed E-state index contributed by atoms with van der Waals surface area (Å²) in [4.78, 5) is 11.0. The zero-order chi connectivity index (χ0) is 9.84. The maximum absolute atomic E-state index is 11.0. The number of anilines is 1. The van der Waals surface area contributed by atoms with Gasteiger partial charge in [-0.2, -0.15) is 0 Å². The molecule has 0 aromatic heterocycles. The van der Waals surface area contributed by atoms with Crippen LogP contribution in [0.15, 0.2) is 18.2 Å². The summed E-state index contributed by atoms with van der Waals surface area (Å²) in [6, 6.07) is 5.60. The van der Waals surface area contributed by atoms with Gasteiger partial charge in [0.1, 0.15) is 0 Å². The van der Waals surface area contributed by atoms with Gasteiger partial charge >= 0.3 is 5.97 Å². The predicted molar refractivity (Wildman–Crippen MR) is 59.3 cm³/mol. The minimum absolute atomic E-state index is 0.235. The second-order valence-electron chi connectivity index (χ2n) is 2.57. The normalized spacial score (nSPS) is 9.69. The van der Waals surface area contributed by atoms with Crippen molar-refractivity contribution in [1.82, 2.24) is 0 Å². The van der Waals surface area contributed by atoms with Gasteiger partial charge in [0.15, 0.2) is 0 Å². The second-order valence-corrected chi connectivity index (χ2v) is 3.73. The van der Waals surface area contributed by atoms with Gasteiger partial charge < -0.3 is 10.5 Å². The van der Waals surface area contributed by atoms with Crippen LogP contribution in [0.25, 0.3) is 0 Å². The van der Waals surface area contributed by atoms with Crippen LogP contribution in [0, 0.1) is 3.57 Å². The topological polar surface area (TPSA) is 52.3 Å². The highest BCUT2D eigenvalue weighted by molar-refractivity contribution is 14.1. The molecule has 0 radical (unpaired) electrons. The van der Waals surface area contributed by atoms with Crippen LogP contribution < -0.4 is 5.73 Å². The Labute approximate surface area is 90.4 Å². The summed E-state index contributed by atoms with van der Waals surface area (Å²) < 4.78 is 5.51. The molecule has 1 aromatic carbocycles. The quantitative estimate of drug-likeness (QED) is 0.511. The number of methoxy groups -OCH3 is 1. The fraction of sp³-hybridized carbons (Fsp3) is 0.222. The van der Waals surface area contributed by atoms with Crippen LogP contribution in [-0.2, 0) is 16.0 Å². The number of rotatable bonds is 2. The molecule has 13 heavy (non-hydrogen) atoms. The molecule has 0 aliphatic heterocycles. The summed E-state index contributed by atoms with van der Waals surface area (Å²) in [6.45, 7) is 0. The number of nitrogen functional groups attached to an aromatic ring is 1. The van der Waals surface area contributed by atoms with Crippen molar-refractivity contribution in [2.45, 2.75) is 6.42 Å². The summed E-state index contributed by atoms with van der Waals surface area (Å²) in [6.07, 6.45) is 0.235. The Morgan fingerprint density at radius 2 is 2.31 bits per heavy atom. The van der Waals surface area contributed by atoms with Crippen LogP contribution in [0.3, 0.4) is 0 Å². The van der Waals surface area contributed by atoms with Gasteiger partial charge in [-0.25, -0.2) is 0 Å². The van der Waals surface area contributed by atoms with Gasteiger partial charge in [-0.05, 0) is 34.2 Å². The van der Waals surface area contributed by atoms with E-state index < -0.39 is 0 Å². The van der Waals surface area contributed by atoms with Crippen LogP contribution in [-0.4, -0.2) is 13.1 Å². The first kappa shape index (κ1) is 10.3. The first-order valence-corrected chi connectivity index (χ1v) is 4.82. The maximum Gasteiger partial charge on any atom is 0.310 e. The number of hydrogen-bond donors (Lipinski definition) is 1. The highest BCUT2D eigenvalue weighted by Gasteiger charge is 2.07. The zero-order valence-electron chi connectivity index (χ0n) is 7.21. The third-order valence-corrected chi connectivity index (χ3v) is 2.65. The molecule has 3 nitrogen and oxygen atoms in total. The van der Waals surface area contributed by atoms with Crippen LogP contribution in [0.4, 0.5) is 5.69 Å². The lowest BCUT2D eigenvalue weighted by Gasteiger charge is -2.05. The fourth-order valence-electron chi connectivity index (χ4n) is 0.964. The standard InChI is InChI=1S/C9H10INO2/c1-13-8(12)5-6-3-2-4-7(10)9(6)11/h2-4H,5,11H2,1H3. The van der Waals surface area contributed by atoms with E-state index in [4.69, 9.17) is 5.73 Å². The Kier molecular flexibility index (Phi) is 3.53. The molecule has 0 fully saturated rings. The molecule has 0 saturated carbocycles. The van der Waals surface area contributed by atoms with E-state index in [1.807, 2.05) is 18.2 Å². The molecule has 0 aliphatic carbocycles. The molecule has 70 valence electrons. The van der Waals surface area contributed by atoms with Gasteiger partial charge in [0.2, 0.25) is 0 Å². The van der Waals surface area contributed by atoms with Crippen molar-refractivity contribution in [1.29, 1.82) is 0 Å². The van der Waals surface area contributed by atoms with Crippen molar-refractivity contribution in [3.8, 4) is 0 Å². The summed E-state index contributed by atoms with van der Waals surface area (Å²) in [7, 11) is 1.37. The number of carbonyl (C=O) groups excluding carboxylic acids is 1. The molecule has 1 aromatic rings. The summed E-state index contributed by atoms with van der Waals surface area (Å²) >= 11 is 2.13. The summed E-state index contributed by atoms with van der Waals surface area (Å²) in [5.74, 6) is -0.270. The Morgan fingerprint density at radius 3 is 2.92 bits per heavy atom. The largest absolute Gasteiger partial charge is 0.469 e. The van der Waals surface area contributed by atoms with Crippen molar-refractivity contribution in [2.24, 2.45) is 0 Å². The van der Waals surface area contributed by atoms with Gasteiger partial charge in [-0.1, -0.05) is 12.1 Å². The van der Waals surface area contributed by atoms with Crippen LogP contribution in [0.5, 0.6) is 0 Å². The van der Waals surface area contributed by atoms with Crippen molar-refractivity contribution in [3.05, 3.63) is 27.3 Å². The van der Waals surface area contributed by atoms with Crippen molar-refractivity contribution < 1.29 is 9.53 Å². The molecule has 2 N–H and O–H groups in total. The average Bonchev–Trinajstić information content (AvgIpc) is 2.13.